The summed E-state index contributed by atoms with van der Waals surface area (Å²) < 4.78 is 5.58. The molecule has 2 heterocycles. The zero-order chi connectivity index (χ0) is 20.3. The number of anilines is 2. The number of rotatable bonds is 8. The van der Waals surface area contributed by atoms with E-state index in [0.717, 1.165) is 48.2 Å². The number of hydrogen-bond acceptors (Lipinski definition) is 7. The number of nitrogens with zero attached hydrogens (tertiary/aromatic N) is 4. The number of nitrogens with one attached hydrogen (secondary N) is 3. The van der Waals surface area contributed by atoms with Gasteiger partial charge in [-0.3, -0.25) is 9.89 Å². The Labute approximate surface area is 167 Å². The first-order chi connectivity index (χ1) is 14.1. The van der Waals surface area contributed by atoms with E-state index in [4.69, 9.17) is 10.00 Å². The van der Waals surface area contributed by atoms with Gasteiger partial charge in [-0.05, 0) is 37.0 Å². The Bertz CT molecular complexity index is 1070. The van der Waals surface area contributed by atoms with Crippen LogP contribution in [0.1, 0.15) is 24.1 Å². The van der Waals surface area contributed by atoms with Gasteiger partial charge in [0.15, 0.2) is 11.5 Å². The molecule has 29 heavy (non-hydrogen) atoms. The number of nitriles is 1. The minimum Gasteiger partial charge on any atom is -0.496 e. The molecule has 0 bridgehead atoms. The van der Waals surface area contributed by atoms with E-state index in [-0.39, 0.29) is 11.2 Å². The lowest BCUT2D eigenvalue weighted by molar-refractivity contribution is -0.110. The molecule has 1 fully saturated rings. The highest BCUT2D eigenvalue weighted by Gasteiger charge is 2.42. The molecule has 146 valence electrons. The molecule has 1 aliphatic rings. The van der Waals surface area contributed by atoms with Gasteiger partial charge >= 0.3 is 0 Å². The molecule has 0 spiro atoms. The number of H-pyrrole nitrogens is 1. The molecule has 1 aliphatic carbocycles. The molecule has 1 aromatic carbocycles. The van der Waals surface area contributed by atoms with Crippen molar-refractivity contribution in [3.8, 4) is 23.1 Å². The minimum absolute atomic E-state index is 0.110. The SMILES string of the molecule is COc1cc(CC2(NC=O)CC2)ccc1-c1cc(Nc2cnc(C#N)cn2)n[nH]1. The van der Waals surface area contributed by atoms with Crippen LogP contribution >= 0.6 is 0 Å². The van der Waals surface area contributed by atoms with Crippen molar-refractivity contribution in [1.29, 1.82) is 5.26 Å². The highest BCUT2D eigenvalue weighted by Crippen LogP contribution is 2.40. The molecule has 0 saturated heterocycles. The number of carbonyl (C=O) groups is 1. The van der Waals surface area contributed by atoms with Crippen LogP contribution < -0.4 is 15.4 Å². The van der Waals surface area contributed by atoms with Gasteiger partial charge in [0.2, 0.25) is 6.41 Å². The van der Waals surface area contributed by atoms with Crippen molar-refractivity contribution in [2.24, 2.45) is 0 Å². The quantitative estimate of drug-likeness (QED) is 0.504. The van der Waals surface area contributed by atoms with Crippen LogP contribution in [0.25, 0.3) is 11.3 Å². The molecule has 1 saturated carbocycles. The maximum absolute atomic E-state index is 10.8. The Morgan fingerprint density at radius 3 is 2.79 bits per heavy atom. The van der Waals surface area contributed by atoms with Crippen molar-refractivity contribution in [1.82, 2.24) is 25.5 Å². The first kappa shape index (κ1) is 18.4. The van der Waals surface area contributed by atoms with Crippen LogP contribution in [0.3, 0.4) is 0 Å². The van der Waals surface area contributed by atoms with Gasteiger partial charge < -0.3 is 15.4 Å². The third-order valence-corrected chi connectivity index (χ3v) is 4.92. The van der Waals surface area contributed by atoms with Crippen molar-refractivity contribution in [3.05, 3.63) is 47.9 Å². The van der Waals surface area contributed by atoms with E-state index in [1.54, 1.807) is 7.11 Å². The fourth-order valence-electron chi connectivity index (χ4n) is 3.21. The third kappa shape index (κ3) is 4.01. The molecule has 2 aromatic heterocycles. The summed E-state index contributed by atoms with van der Waals surface area (Å²) in [5.74, 6) is 1.77. The first-order valence-corrected chi connectivity index (χ1v) is 9.08. The van der Waals surface area contributed by atoms with Gasteiger partial charge in [-0.1, -0.05) is 6.07 Å². The summed E-state index contributed by atoms with van der Waals surface area (Å²) in [6, 6.07) is 9.76. The number of aromatic nitrogens is 4. The second-order valence-corrected chi connectivity index (χ2v) is 6.94. The summed E-state index contributed by atoms with van der Waals surface area (Å²) in [5.41, 5.74) is 2.89. The lowest BCUT2D eigenvalue weighted by Crippen LogP contribution is -2.32. The van der Waals surface area contributed by atoms with Crippen LogP contribution in [-0.2, 0) is 11.2 Å². The lowest BCUT2D eigenvalue weighted by atomic mass is 10.0. The van der Waals surface area contributed by atoms with Crippen LogP contribution in [0.4, 0.5) is 11.6 Å². The van der Waals surface area contributed by atoms with E-state index in [1.165, 1.54) is 12.4 Å². The molecule has 3 aromatic rings. The van der Waals surface area contributed by atoms with Crippen LogP contribution in [-0.4, -0.2) is 39.2 Å². The third-order valence-electron chi connectivity index (χ3n) is 4.92. The Morgan fingerprint density at radius 2 is 2.14 bits per heavy atom. The van der Waals surface area contributed by atoms with E-state index in [1.807, 2.05) is 30.3 Å². The van der Waals surface area contributed by atoms with Crippen LogP contribution in [0.15, 0.2) is 36.7 Å². The molecule has 4 rings (SSSR count). The number of methoxy groups -OCH3 is 1. The second-order valence-electron chi connectivity index (χ2n) is 6.94. The molecule has 9 heteroatoms. The fourth-order valence-corrected chi connectivity index (χ4v) is 3.21. The largest absolute Gasteiger partial charge is 0.496 e. The van der Waals surface area contributed by atoms with Gasteiger partial charge in [0.25, 0.3) is 0 Å². The van der Waals surface area contributed by atoms with Crippen molar-refractivity contribution in [2.45, 2.75) is 24.8 Å². The second kappa shape index (κ2) is 7.59. The molecule has 0 atom stereocenters. The maximum atomic E-state index is 10.8. The number of hydrogen-bond donors (Lipinski definition) is 3. The highest BCUT2D eigenvalue weighted by atomic mass is 16.5. The standard InChI is InChI=1S/C20H19N7O2/c1-29-17-6-13(8-20(4-5-20)24-12-28)2-3-15(17)16-7-18(27-26-16)25-19-11-22-14(9-21)10-23-19/h2-3,6-7,10-12H,4-5,8H2,1H3,(H,24,28)(H2,23,25,26,27). The Balaban J connectivity index is 1.52. The predicted molar refractivity (Wildman–Crippen MR) is 105 cm³/mol. The number of carbonyl (C=O) groups excluding carboxylic acids is 1. The number of aromatic amines is 1. The lowest BCUT2D eigenvalue weighted by Gasteiger charge is -2.15. The van der Waals surface area contributed by atoms with Gasteiger partial charge in [0, 0.05) is 17.2 Å². The fraction of sp³-hybridized carbons (Fsp3) is 0.250. The molecule has 9 nitrogen and oxygen atoms in total. The van der Waals surface area contributed by atoms with Crippen LogP contribution in [0.2, 0.25) is 0 Å². The molecule has 0 unspecified atom stereocenters. The smallest absolute Gasteiger partial charge is 0.207 e. The summed E-state index contributed by atoms with van der Waals surface area (Å²) in [6.07, 6.45) is 6.39. The van der Waals surface area contributed by atoms with Crippen molar-refractivity contribution >= 4 is 18.0 Å². The molecule has 1 amide bonds. The zero-order valence-electron chi connectivity index (χ0n) is 15.8. The summed E-state index contributed by atoms with van der Waals surface area (Å²) >= 11 is 0. The number of ether oxygens (including phenoxy) is 1. The summed E-state index contributed by atoms with van der Waals surface area (Å²) in [7, 11) is 1.63. The summed E-state index contributed by atoms with van der Waals surface area (Å²) in [4.78, 5) is 18.9. The van der Waals surface area contributed by atoms with Gasteiger partial charge in [-0.25, -0.2) is 9.97 Å². The average Bonchev–Trinajstić information content (AvgIpc) is 3.34. The molecule has 3 N–H and O–H groups in total. The van der Waals surface area contributed by atoms with E-state index >= 15 is 0 Å². The molecular weight excluding hydrogens is 370 g/mol. The van der Waals surface area contributed by atoms with Gasteiger partial charge in [-0.2, -0.15) is 10.4 Å². The number of amides is 1. The number of benzene rings is 1. The van der Waals surface area contributed by atoms with E-state index in [9.17, 15) is 4.79 Å². The highest BCUT2D eigenvalue weighted by molar-refractivity contribution is 5.71. The molecule has 0 radical (unpaired) electrons. The molecule has 0 aliphatic heterocycles. The zero-order valence-corrected chi connectivity index (χ0v) is 15.8. The van der Waals surface area contributed by atoms with E-state index in [0.29, 0.717) is 11.6 Å². The average molecular weight is 389 g/mol. The Morgan fingerprint density at radius 1 is 1.28 bits per heavy atom. The topological polar surface area (TPSA) is 129 Å². The first-order valence-electron chi connectivity index (χ1n) is 9.08. The monoisotopic (exact) mass is 389 g/mol. The summed E-state index contributed by atoms with van der Waals surface area (Å²) in [6.45, 7) is 0. The predicted octanol–water partition coefficient (Wildman–Crippen LogP) is 2.31. The Kier molecular flexibility index (Phi) is 4.83. The maximum Gasteiger partial charge on any atom is 0.207 e. The Hall–Kier alpha value is -3.93. The van der Waals surface area contributed by atoms with Crippen molar-refractivity contribution in [2.75, 3.05) is 12.4 Å². The summed E-state index contributed by atoms with van der Waals surface area (Å²) in [5, 5.41) is 22.0. The van der Waals surface area contributed by atoms with Gasteiger partial charge in [0.1, 0.15) is 17.6 Å². The van der Waals surface area contributed by atoms with Gasteiger partial charge in [0.05, 0.1) is 25.2 Å². The normalized spacial score (nSPS) is 13.9. The minimum atomic E-state index is -0.110. The van der Waals surface area contributed by atoms with Crippen LogP contribution in [0.5, 0.6) is 5.75 Å². The van der Waals surface area contributed by atoms with Crippen molar-refractivity contribution in [3.63, 3.8) is 0 Å². The van der Waals surface area contributed by atoms with Crippen LogP contribution in [0, 0.1) is 11.3 Å². The van der Waals surface area contributed by atoms with E-state index < -0.39 is 0 Å². The van der Waals surface area contributed by atoms with Crippen molar-refractivity contribution < 1.29 is 9.53 Å². The van der Waals surface area contributed by atoms with E-state index in [2.05, 4.69) is 30.8 Å². The van der Waals surface area contributed by atoms with Gasteiger partial charge in [-0.15, -0.1) is 0 Å². The molecular formula is C20H19N7O2.